The van der Waals surface area contributed by atoms with Gasteiger partial charge in [0.1, 0.15) is 0 Å². The second-order valence-corrected chi connectivity index (χ2v) is 0. The van der Waals surface area contributed by atoms with Crippen LogP contribution < -0.4 is 0 Å². The predicted octanol–water partition coefficient (Wildman–Crippen LogP) is -1.67. The molecule has 5 heteroatoms. The monoisotopic (exact) mass is 130 g/mol. The van der Waals surface area contributed by atoms with Gasteiger partial charge in [-0.1, -0.05) is 0 Å². The minimum atomic E-state index is 0. The Morgan fingerprint density at radius 2 is 1.20 bits per heavy atom. The van der Waals surface area contributed by atoms with E-state index >= 15 is 0 Å². The molecule has 3 nitrogen and oxygen atoms in total. The van der Waals surface area contributed by atoms with Gasteiger partial charge in [0.05, 0.1) is 11.9 Å². The van der Waals surface area contributed by atoms with Crippen LogP contribution in [0.2, 0.25) is 0 Å². The molecular formula is H7CaClO3. The molecule has 0 aliphatic rings. The quantitative estimate of drug-likeness (QED) is 0.391. The fourth-order valence-electron chi connectivity index (χ4n) is 0. The Morgan fingerprint density at radius 1 is 1.20 bits per heavy atom. The number of hydrogen-bond acceptors (Lipinski definition) is 1. The van der Waals surface area contributed by atoms with Gasteiger partial charge in [-0.15, -0.1) is 0 Å². The third-order valence-corrected chi connectivity index (χ3v) is 0. The molecule has 0 aliphatic carbocycles. The smallest absolute Gasteiger partial charge is 1.00 e. The second-order valence-electron chi connectivity index (χ2n) is 0. The van der Waals surface area contributed by atoms with Gasteiger partial charge in [0.2, 0.25) is 0 Å². The summed E-state index contributed by atoms with van der Waals surface area (Å²) in [4.78, 5) is 0. The van der Waals surface area contributed by atoms with E-state index < -0.39 is 0 Å². The predicted molar refractivity (Wildman–Crippen MR) is 23.3 cm³/mol. The fraction of sp³-hybridized carbons (Fsp3) is 0. The van der Waals surface area contributed by atoms with E-state index in [0.717, 1.165) is 0 Å². The summed E-state index contributed by atoms with van der Waals surface area (Å²) in [5.74, 6) is 0. The molecular weight excluding hydrogens is 124 g/mol. The number of hydrogen-bond donors (Lipinski definition) is 1. The van der Waals surface area contributed by atoms with Gasteiger partial charge >= 0.3 is 37.7 Å². The molecule has 0 aromatic heterocycles. The van der Waals surface area contributed by atoms with Gasteiger partial charge < -0.3 is 13.8 Å². The zero-order chi connectivity index (χ0) is 2.00. The van der Waals surface area contributed by atoms with Gasteiger partial charge in [-0.05, 0) is 0 Å². The number of halogens is 1. The van der Waals surface area contributed by atoms with Crippen LogP contribution in [-0.4, -0.2) is 53.3 Å². The molecule has 0 aliphatic heterocycles. The van der Waals surface area contributed by atoms with E-state index in [-0.39, 0.29) is 51.5 Å². The van der Waals surface area contributed by atoms with Crippen LogP contribution in [0.5, 0.6) is 0 Å². The van der Waals surface area contributed by atoms with Crippen molar-refractivity contribution >= 4 is 49.6 Å². The summed E-state index contributed by atoms with van der Waals surface area (Å²) in [6.45, 7) is 0. The second kappa shape index (κ2) is 52.1. The van der Waals surface area contributed by atoms with Crippen molar-refractivity contribution in [2.75, 3.05) is 0 Å². The molecule has 0 radical (unpaired) electrons. The van der Waals surface area contributed by atoms with Gasteiger partial charge in [0.15, 0.2) is 0 Å². The van der Waals surface area contributed by atoms with E-state index in [2.05, 4.69) is 11.9 Å². The normalized spacial score (nSPS) is 1.20. The summed E-state index contributed by atoms with van der Waals surface area (Å²) < 4.78 is 6.47. The maximum atomic E-state index is 6.47. The molecule has 34 valence electrons. The van der Waals surface area contributed by atoms with E-state index in [9.17, 15) is 0 Å². The Bertz CT molecular complexity index is 12.9. The van der Waals surface area contributed by atoms with Crippen molar-refractivity contribution in [2.45, 2.75) is 0 Å². The first-order chi connectivity index (χ1) is 1.00. The van der Waals surface area contributed by atoms with E-state index in [4.69, 9.17) is 4.66 Å². The van der Waals surface area contributed by atoms with Crippen LogP contribution in [0.3, 0.4) is 0 Å². The van der Waals surface area contributed by atoms with Crippen LogP contribution in [-0.2, 0) is 0 Å². The average Bonchev–Trinajstić information content (AvgIpc) is 1.00. The van der Waals surface area contributed by atoms with Crippen LogP contribution in [0.25, 0.3) is 0 Å². The van der Waals surface area contributed by atoms with E-state index in [1.807, 2.05) is 0 Å². The van der Waals surface area contributed by atoms with Crippen molar-refractivity contribution in [1.29, 1.82) is 0 Å². The summed E-state index contributed by atoms with van der Waals surface area (Å²) in [5, 5.41) is 0. The van der Waals surface area contributed by atoms with Crippen LogP contribution in [0, 0.1) is 0 Å². The summed E-state index contributed by atoms with van der Waals surface area (Å²) in [7, 11) is 0. The molecule has 5 N–H and O–H groups in total. The Hall–Kier alpha value is 1.43. The third kappa shape index (κ3) is 31.2. The Morgan fingerprint density at radius 3 is 1.20 bits per heavy atom. The minimum absolute atomic E-state index is 0. The Kier molecular flexibility index (Phi) is 335. The maximum absolute atomic E-state index is 6.47. The zero-order valence-corrected chi connectivity index (χ0v) is 5.50. The molecule has 0 saturated heterocycles. The third-order valence-electron chi connectivity index (χ3n) is 0. The molecule has 0 aromatic carbocycles. The van der Waals surface area contributed by atoms with Crippen molar-refractivity contribution in [3.8, 4) is 0 Å². The van der Waals surface area contributed by atoms with Crippen LogP contribution in [0.4, 0.5) is 0 Å². The molecule has 0 unspecified atom stereocenters. The molecule has 0 atom stereocenters. The van der Waals surface area contributed by atoms with E-state index in [1.54, 1.807) is 0 Å². The topological polar surface area (TPSA) is 83.2 Å². The standard InChI is InChI=1S/Ca.ClHO.2H2O.2H/c;1-2;;;;/h;2H;2*1H2;;/q+2;;;;2*-1. The van der Waals surface area contributed by atoms with Crippen molar-refractivity contribution < 1.29 is 18.5 Å². The first-order valence-electron chi connectivity index (χ1n) is 0.169. The first kappa shape index (κ1) is 32.1. The maximum Gasteiger partial charge on any atom is 2.00 e. The van der Waals surface area contributed by atoms with Crippen LogP contribution >= 0.6 is 11.9 Å². The van der Waals surface area contributed by atoms with E-state index in [1.165, 1.54) is 0 Å². The van der Waals surface area contributed by atoms with Gasteiger partial charge in [-0.2, -0.15) is 0 Å². The molecule has 0 bridgehead atoms. The summed E-state index contributed by atoms with van der Waals surface area (Å²) in [5.41, 5.74) is 0. The summed E-state index contributed by atoms with van der Waals surface area (Å²) in [6.07, 6.45) is 0. The van der Waals surface area contributed by atoms with E-state index in [0.29, 0.717) is 0 Å². The van der Waals surface area contributed by atoms with Crippen LogP contribution in [0.1, 0.15) is 2.85 Å². The van der Waals surface area contributed by atoms with Crippen molar-refractivity contribution in [1.82, 2.24) is 0 Å². The molecule has 0 amide bonds. The summed E-state index contributed by atoms with van der Waals surface area (Å²) >= 11 is 3.64. The van der Waals surface area contributed by atoms with Gasteiger partial charge in [-0.3, -0.25) is 4.66 Å². The minimum Gasteiger partial charge on any atom is -1.00 e. The first-order valence-corrected chi connectivity index (χ1v) is 0.507. The molecule has 0 aromatic rings. The van der Waals surface area contributed by atoms with Gasteiger partial charge in [0, 0.05) is 0 Å². The largest absolute Gasteiger partial charge is 2.00 e. The zero-order valence-electron chi connectivity index (χ0n) is 4.53. The summed E-state index contributed by atoms with van der Waals surface area (Å²) in [6, 6.07) is 0. The molecule has 0 saturated carbocycles. The Balaban J connectivity index is -0.000000000500. The van der Waals surface area contributed by atoms with Gasteiger partial charge in [0.25, 0.3) is 0 Å². The Labute approximate surface area is 67.7 Å². The van der Waals surface area contributed by atoms with Crippen molar-refractivity contribution in [3.05, 3.63) is 0 Å². The average molecular weight is 131 g/mol. The molecule has 0 rings (SSSR count). The molecule has 0 fully saturated rings. The fourth-order valence-corrected chi connectivity index (χ4v) is 0. The van der Waals surface area contributed by atoms with Crippen molar-refractivity contribution in [3.63, 3.8) is 0 Å². The molecule has 0 heterocycles. The van der Waals surface area contributed by atoms with Crippen molar-refractivity contribution in [2.24, 2.45) is 0 Å². The SMILES string of the molecule is O.O.OCl.[Ca+2].[H-].[H-]. The van der Waals surface area contributed by atoms with Crippen LogP contribution in [0.15, 0.2) is 0 Å². The van der Waals surface area contributed by atoms with Gasteiger partial charge in [-0.25, -0.2) is 0 Å². The number of rotatable bonds is 0. The molecule has 5 heavy (non-hydrogen) atoms. The molecule has 0 spiro atoms.